The number of rotatable bonds is 4. The average molecular weight is 281 g/mol. The second-order valence-electron chi connectivity index (χ2n) is 4.78. The first-order valence-corrected chi connectivity index (χ1v) is 6.69. The van der Waals surface area contributed by atoms with Gasteiger partial charge in [0.25, 0.3) is 0 Å². The van der Waals surface area contributed by atoms with E-state index in [-0.39, 0.29) is 5.91 Å². The lowest BCUT2D eigenvalue weighted by Gasteiger charge is -2.05. The molecule has 0 fully saturated rings. The molecule has 0 unspecified atom stereocenters. The Kier molecular flexibility index (Phi) is 3.59. The number of pyridine rings is 1. The van der Waals surface area contributed by atoms with Crippen molar-refractivity contribution in [3.8, 4) is 0 Å². The quantitative estimate of drug-likeness (QED) is 0.782. The number of nitrogens with zero attached hydrogens (tertiary/aromatic N) is 4. The standard InChI is InChI=1S/C15H15N5O/c1-11-13(20-7-3-2-4-14(20)19-11)8-15(21)16-9-12-5-6-17-18-10-12/h2-7,10H,8-9H2,1H3,(H,16,21). The van der Waals surface area contributed by atoms with Crippen LogP contribution in [0.1, 0.15) is 17.0 Å². The first-order chi connectivity index (χ1) is 10.2. The zero-order valence-electron chi connectivity index (χ0n) is 11.7. The Morgan fingerprint density at radius 3 is 3.00 bits per heavy atom. The third-order valence-corrected chi connectivity index (χ3v) is 3.29. The molecule has 0 aliphatic carbocycles. The summed E-state index contributed by atoms with van der Waals surface area (Å²) in [7, 11) is 0. The van der Waals surface area contributed by atoms with Gasteiger partial charge in [-0.1, -0.05) is 6.07 Å². The van der Waals surface area contributed by atoms with Crippen molar-refractivity contribution in [3.05, 3.63) is 59.8 Å². The molecule has 0 aromatic carbocycles. The fourth-order valence-electron chi connectivity index (χ4n) is 2.22. The predicted octanol–water partition coefficient (Wildman–Crippen LogP) is 1.29. The number of nitrogens with one attached hydrogen (secondary N) is 1. The Morgan fingerprint density at radius 1 is 1.29 bits per heavy atom. The second kappa shape index (κ2) is 5.70. The number of carbonyl (C=O) groups is 1. The molecular weight excluding hydrogens is 266 g/mol. The number of hydrogen-bond donors (Lipinski definition) is 1. The van der Waals surface area contributed by atoms with E-state index >= 15 is 0 Å². The summed E-state index contributed by atoms with van der Waals surface area (Å²) in [4.78, 5) is 16.5. The number of carbonyl (C=O) groups excluding carboxylic acids is 1. The molecule has 1 amide bonds. The number of aryl methyl sites for hydroxylation is 1. The predicted molar refractivity (Wildman–Crippen MR) is 77.5 cm³/mol. The highest BCUT2D eigenvalue weighted by Gasteiger charge is 2.12. The van der Waals surface area contributed by atoms with Crippen LogP contribution in [0.5, 0.6) is 0 Å². The summed E-state index contributed by atoms with van der Waals surface area (Å²) in [6.07, 6.45) is 5.47. The minimum absolute atomic E-state index is 0.0411. The Labute approximate surface area is 121 Å². The van der Waals surface area contributed by atoms with Gasteiger partial charge in [-0.15, -0.1) is 0 Å². The van der Waals surface area contributed by atoms with Crippen molar-refractivity contribution in [2.24, 2.45) is 0 Å². The lowest BCUT2D eigenvalue weighted by Crippen LogP contribution is -2.25. The fourth-order valence-corrected chi connectivity index (χ4v) is 2.22. The monoisotopic (exact) mass is 281 g/mol. The largest absolute Gasteiger partial charge is 0.352 e. The number of fused-ring (bicyclic) bond motifs is 1. The highest BCUT2D eigenvalue weighted by atomic mass is 16.1. The molecular formula is C15H15N5O. The molecule has 0 spiro atoms. The van der Waals surface area contributed by atoms with Gasteiger partial charge in [0, 0.05) is 18.9 Å². The zero-order valence-corrected chi connectivity index (χ0v) is 11.7. The molecule has 0 saturated heterocycles. The maximum Gasteiger partial charge on any atom is 0.226 e. The van der Waals surface area contributed by atoms with Crippen LogP contribution in [-0.4, -0.2) is 25.5 Å². The molecule has 0 aliphatic heterocycles. The van der Waals surface area contributed by atoms with Crippen molar-refractivity contribution in [1.82, 2.24) is 24.9 Å². The highest BCUT2D eigenvalue weighted by molar-refractivity contribution is 5.78. The molecule has 3 rings (SSSR count). The summed E-state index contributed by atoms with van der Waals surface area (Å²) in [6.45, 7) is 2.37. The van der Waals surface area contributed by atoms with Gasteiger partial charge in [0.1, 0.15) is 5.65 Å². The molecule has 6 heteroatoms. The van der Waals surface area contributed by atoms with Crippen molar-refractivity contribution in [3.63, 3.8) is 0 Å². The van der Waals surface area contributed by atoms with Crippen molar-refractivity contribution in [2.75, 3.05) is 0 Å². The topological polar surface area (TPSA) is 72.2 Å². The maximum atomic E-state index is 12.1. The van der Waals surface area contributed by atoms with Crippen LogP contribution in [-0.2, 0) is 17.8 Å². The molecule has 1 N–H and O–H groups in total. The molecule has 3 aromatic heterocycles. The van der Waals surface area contributed by atoms with Gasteiger partial charge >= 0.3 is 0 Å². The van der Waals surface area contributed by atoms with Gasteiger partial charge in [0.05, 0.1) is 24.0 Å². The van der Waals surface area contributed by atoms with Crippen LogP contribution >= 0.6 is 0 Å². The molecule has 0 atom stereocenters. The summed E-state index contributed by atoms with van der Waals surface area (Å²) in [6, 6.07) is 7.62. The van der Waals surface area contributed by atoms with E-state index in [0.717, 1.165) is 22.6 Å². The minimum Gasteiger partial charge on any atom is -0.352 e. The van der Waals surface area contributed by atoms with E-state index in [9.17, 15) is 4.79 Å². The first kappa shape index (κ1) is 13.2. The van der Waals surface area contributed by atoms with Gasteiger partial charge in [-0.05, 0) is 30.7 Å². The highest BCUT2D eigenvalue weighted by Crippen LogP contribution is 2.12. The minimum atomic E-state index is -0.0411. The summed E-state index contributed by atoms with van der Waals surface area (Å²) in [5.41, 5.74) is 3.57. The van der Waals surface area contributed by atoms with Gasteiger partial charge in [-0.2, -0.15) is 10.2 Å². The van der Waals surface area contributed by atoms with Gasteiger partial charge in [-0.3, -0.25) is 4.79 Å². The Morgan fingerprint density at radius 2 is 2.19 bits per heavy atom. The maximum absolute atomic E-state index is 12.1. The van der Waals surface area contributed by atoms with Crippen molar-refractivity contribution < 1.29 is 4.79 Å². The van der Waals surface area contributed by atoms with Crippen molar-refractivity contribution in [2.45, 2.75) is 19.9 Å². The number of aromatic nitrogens is 4. The number of hydrogen-bond acceptors (Lipinski definition) is 4. The fraction of sp³-hybridized carbons (Fsp3) is 0.200. The third kappa shape index (κ3) is 2.89. The van der Waals surface area contributed by atoms with Crippen LogP contribution in [0, 0.1) is 6.92 Å². The van der Waals surface area contributed by atoms with Gasteiger partial charge in [0.15, 0.2) is 0 Å². The molecule has 3 aromatic rings. The van der Waals surface area contributed by atoms with E-state index in [0.29, 0.717) is 13.0 Å². The van der Waals surface area contributed by atoms with E-state index in [1.807, 2.05) is 41.8 Å². The van der Waals surface area contributed by atoms with Crippen LogP contribution in [0.2, 0.25) is 0 Å². The van der Waals surface area contributed by atoms with Crippen LogP contribution in [0.3, 0.4) is 0 Å². The first-order valence-electron chi connectivity index (χ1n) is 6.69. The van der Waals surface area contributed by atoms with E-state index in [2.05, 4.69) is 20.5 Å². The van der Waals surface area contributed by atoms with E-state index < -0.39 is 0 Å². The summed E-state index contributed by atoms with van der Waals surface area (Å²) in [5, 5.41) is 10.4. The zero-order chi connectivity index (χ0) is 14.7. The SMILES string of the molecule is Cc1nc2ccccn2c1CC(=O)NCc1ccnnc1. The van der Waals surface area contributed by atoms with Crippen molar-refractivity contribution >= 4 is 11.6 Å². The van der Waals surface area contributed by atoms with Crippen LogP contribution in [0.4, 0.5) is 0 Å². The lowest BCUT2D eigenvalue weighted by molar-refractivity contribution is -0.120. The Balaban J connectivity index is 1.70. The summed E-state index contributed by atoms with van der Waals surface area (Å²) >= 11 is 0. The third-order valence-electron chi connectivity index (χ3n) is 3.29. The van der Waals surface area contributed by atoms with Gasteiger partial charge in [-0.25, -0.2) is 4.98 Å². The molecule has 106 valence electrons. The molecule has 0 aliphatic rings. The summed E-state index contributed by atoms with van der Waals surface area (Å²) in [5.74, 6) is -0.0411. The molecule has 0 bridgehead atoms. The van der Waals surface area contributed by atoms with Gasteiger partial charge in [0.2, 0.25) is 5.91 Å². The van der Waals surface area contributed by atoms with E-state index in [1.54, 1.807) is 12.4 Å². The normalized spacial score (nSPS) is 10.7. The number of amides is 1. The molecule has 21 heavy (non-hydrogen) atoms. The Bertz CT molecular complexity index is 766. The van der Waals surface area contributed by atoms with Crippen LogP contribution in [0.15, 0.2) is 42.9 Å². The van der Waals surface area contributed by atoms with Gasteiger partial charge < -0.3 is 9.72 Å². The number of imidazole rings is 1. The second-order valence-corrected chi connectivity index (χ2v) is 4.78. The van der Waals surface area contributed by atoms with E-state index in [4.69, 9.17) is 0 Å². The average Bonchev–Trinajstić information content (AvgIpc) is 2.82. The molecule has 0 radical (unpaired) electrons. The van der Waals surface area contributed by atoms with Crippen molar-refractivity contribution in [1.29, 1.82) is 0 Å². The summed E-state index contributed by atoms with van der Waals surface area (Å²) < 4.78 is 1.95. The van der Waals surface area contributed by atoms with Crippen LogP contribution < -0.4 is 5.32 Å². The Hall–Kier alpha value is -2.76. The molecule has 3 heterocycles. The lowest BCUT2D eigenvalue weighted by atomic mass is 10.2. The van der Waals surface area contributed by atoms with Crippen LogP contribution in [0.25, 0.3) is 5.65 Å². The smallest absolute Gasteiger partial charge is 0.226 e. The molecule has 6 nitrogen and oxygen atoms in total. The van der Waals surface area contributed by atoms with E-state index in [1.165, 1.54) is 0 Å². The molecule has 0 saturated carbocycles.